The standard InChI is InChI=1S/C38H34BNO2/c1-22-14-16-25-24-10-6-8-12-29(24)38(32(25)20-22)30-13-9-7-11-27(30)34-31(38)18-17-26-28-21-23(15-19-33(28)40-35(26)34)39-41-36(2,3)37(4,5)42-39/h6-19,21-22,40H,20H2,1-5H3. The van der Waals surface area contributed by atoms with Crippen LogP contribution in [0.25, 0.3) is 38.5 Å². The molecule has 2 unspecified atom stereocenters. The van der Waals surface area contributed by atoms with Crippen LogP contribution in [0.5, 0.6) is 0 Å². The second-order valence-corrected chi connectivity index (χ2v) is 13.7. The average Bonchev–Trinajstić information content (AvgIpc) is 3.65. The van der Waals surface area contributed by atoms with Gasteiger partial charge in [-0.1, -0.05) is 91.9 Å². The Morgan fingerprint density at radius 1 is 0.762 bits per heavy atom. The van der Waals surface area contributed by atoms with E-state index < -0.39 is 0 Å². The van der Waals surface area contributed by atoms with Crippen LogP contribution in [0.3, 0.4) is 0 Å². The first-order valence-electron chi connectivity index (χ1n) is 15.3. The number of allylic oxidation sites excluding steroid dienone is 4. The highest BCUT2D eigenvalue weighted by atomic mass is 16.7. The molecular weight excluding hydrogens is 513 g/mol. The largest absolute Gasteiger partial charge is 0.494 e. The van der Waals surface area contributed by atoms with Crippen LogP contribution in [0, 0.1) is 5.92 Å². The molecular formula is C38H34BNO2. The molecule has 42 heavy (non-hydrogen) atoms. The van der Waals surface area contributed by atoms with Gasteiger partial charge in [0.1, 0.15) is 0 Å². The predicted molar refractivity (Wildman–Crippen MR) is 173 cm³/mol. The third-order valence-electron chi connectivity index (χ3n) is 10.8. The molecule has 1 fully saturated rings. The van der Waals surface area contributed by atoms with Crippen molar-refractivity contribution in [2.24, 2.45) is 5.92 Å². The summed E-state index contributed by atoms with van der Waals surface area (Å²) in [6.07, 6.45) is 5.84. The van der Waals surface area contributed by atoms with Crippen LogP contribution in [0.4, 0.5) is 0 Å². The molecule has 5 aromatic rings. The normalized spacial score (nSPS) is 24.5. The summed E-state index contributed by atoms with van der Waals surface area (Å²) in [4.78, 5) is 3.87. The first-order valence-corrected chi connectivity index (χ1v) is 15.3. The molecule has 2 heterocycles. The number of aromatic amines is 1. The third-order valence-corrected chi connectivity index (χ3v) is 10.8. The molecule has 0 radical (unpaired) electrons. The van der Waals surface area contributed by atoms with Crippen LogP contribution in [0.15, 0.2) is 96.6 Å². The van der Waals surface area contributed by atoms with Crippen LogP contribution in [0.2, 0.25) is 0 Å². The fourth-order valence-electron chi connectivity index (χ4n) is 8.17. The van der Waals surface area contributed by atoms with Gasteiger partial charge >= 0.3 is 7.12 Å². The molecule has 1 aromatic heterocycles. The molecule has 0 amide bonds. The fraction of sp³-hybridized carbons (Fsp3) is 0.263. The lowest BCUT2D eigenvalue weighted by Gasteiger charge is -2.34. The lowest BCUT2D eigenvalue weighted by atomic mass is 9.67. The lowest BCUT2D eigenvalue weighted by molar-refractivity contribution is 0.00578. The van der Waals surface area contributed by atoms with Gasteiger partial charge in [-0.3, -0.25) is 0 Å². The molecule has 3 nitrogen and oxygen atoms in total. The molecule has 4 heteroatoms. The van der Waals surface area contributed by atoms with Gasteiger partial charge in [-0.15, -0.1) is 0 Å². The summed E-state index contributed by atoms with van der Waals surface area (Å²) in [7, 11) is -0.385. The Morgan fingerprint density at radius 3 is 2.21 bits per heavy atom. The minimum Gasteiger partial charge on any atom is -0.399 e. The van der Waals surface area contributed by atoms with E-state index in [0.29, 0.717) is 5.92 Å². The number of hydrogen-bond acceptors (Lipinski definition) is 2. The molecule has 2 atom stereocenters. The van der Waals surface area contributed by atoms with E-state index in [9.17, 15) is 0 Å². The summed E-state index contributed by atoms with van der Waals surface area (Å²) < 4.78 is 12.8. The van der Waals surface area contributed by atoms with E-state index in [4.69, 9.17) is 9.31 Å². The highest BCUT2D eigenvalue weighted by Gasteiger charge is 2.54. The molecule has 1 aliphatic heterocycles. The summed E-state index contributed by atoms with van der Waals surface area (Å²) in [6, 6.07) is 29.6. The molecule has 9 rings (SSSR count). The molecule has 206 valence electrons. The molecule has 1 spiro atoms. The Morgan fingerprint density at radius 2 is 1.45 bits per heavy atom. The van der Waals surface area contributed by atoms with E-state index >= 15 is 0 Å². The maximum atomic E-state index is 6.42. The Labute approximate surface area is 247 Å². The molecule has 3 aliphatic carbocycles. The third kappa shape index (κ3) is 2.90. The Bertz CT molecular complexity index is 2040. The van der Waals surface area contributed by atoms with Crippen molar-refractivity contribution in [3.05, 3.63) is 119 Å². The molecule has 0 bridgehead atoms. The van der Waals surface area contributed by atoms with Gasteiger partial charge in [0.25, 0.3) is 0 Å². The van der Waals surface area contributed by atoms with Crippen LogP contribution < -0.4 is 5.46 Å². The SMILES string of the molecule is CC1C=CC2=C(C1)C1(c3ccccc32)c2ccccc2-c2c1ccc1c2[nH]c2ccc(B3OC(C)(C)C(C)(C)O3)cc21. The molecule has 4 aromatic carbocycles. The minimum atomic E-state index is -0.385. The number of rotatable bonds is 1. The summed E-state index contributed by atoms with van der Waals surface area (Å²) in [5.74, 6) is 0.511. The average molecular weight is 548 g/mol. The number of H-pyrrole nitrogens is 1. The van der Waals surface area contributed by atoms with Crippen molar-refractivity contribution in [3.63, 3.8) is 0 Å². The second kappa shape index (κ2) is 7.95. The van der Waals surface area contributed by atoms with Gasteiger partial charge in [-0.25, -0.2) is 0 Å². The van der Waals surface area contributed by atoms with Gasteiger partial charge in [0, 0.05) is 21.9 Å². The van der Waals surface area contributed by atoms with Crippen molar-refractivity contribution in [3.8, 4) is 11.1 Å². The zero-order chi connectivity index (χ0) is 28.6. The van der Waals surface area contributed by atoms with Crippen molar-refractivity contribution in [1.82, 2.24) is 4.98 Å². The Balaban J connectivity index is 1.31. The molecule has 0 saturated carbocycles. The van der Waals surface area contributed by atoms with Crippen molar-refractivity contribution in [2.45, 2.75) is 57.7 Å². The van der Waals surface area contributed by atoms with Gasteiger partial charge in [-0.05, 0) is 90.5 Å². The van der Waals surface area contributed by atoms with Gasteiger partial charge in [0.15, 0.2) is 0 Å². The summed E-state index contributed by atoms with van der Waals surface area (Å²) >= 11 is 0. The van der Waals surface area contributed by atoms with Gasteiger partial charge in [0.05, 0.1) is 22.1 Å². The van der Waals surface area contributed by atoms with E-state index in [0.717, 1.165) is 17.4 Å². The summed E-state index contributed by atoms with van der Waals surface area (Å²) in [5.41, 5.74) is 13.6. The Kier molecular flexibility index (Phi) is 4.68. The summed E-state index contributed by atoms with van der Waals surface area (Å²) in [6.45, 7) is 10.8. The second-order valence-electron chi connectivity index (χ2n) is 13.7. The molecule has 1 saturated heterocycles. The van der Waals surface area contributed by atoms with Crippen LogP contribution in [-0.4, -0.2) is 23.3 Å². The van der Waals surface area contributed by atoms with Gasteiger partial charge in [-0.2, -0.15) is 0 Å². The van der Waals surface area contributed by atoms with E-state index in [-0.39, 0.29) is 23.7 Å². The van der Waals surface area contributed by atoms with E-state index in [1.165, 1.54) is 55.2 Å². The van der Waals surface area contributed by atoms with Crippen LogP contribution in [0.1, 0.15) is 63.3 Å². The van der Waals surface area contributed by atoms with Crippen LogP contribution in [-0.2, 0) is 14.7 Å². The highest BCUT2D eigenvalue weighted by molar-refractivity contribution is 6.62. The zero-order valence-electron chi connectivity index (χ0n) is 24.8. The number of nitrogens with one attached hydrogen (secondary N) is 1. The van der Waals surface area contributed by atoms with Crippen LogP contribution >= 0.6 is 0 Å². The van der Waals surface area contributed by atoms with E-state index in [2.05, 4.69) is 131 Å². The predicted octanol–water partition coefficient (Wildman–Crippen LogP) is 8.30. The van der Waals surface area contributed by atoms with Crippen molar-refractivity contribution in [2.75, 3.05) is 0 Å². The lowest BCUT2D eigenvalue weighted by Crippen LogP contribution is -2.41. The number of fused-ring (bicyclic) bond motifs is 13. The highest BCUT2D eigenvalue weighted by Crippen LogP contribution is 2.64. The quantitative estimate of drug-likeness (QED) is 0.214. The molecule has 4 aliphatic rings. The molecule has 1 N–H and O–H groups in total. The van der Waals surface area contributed by atoms with Gasteiger partial charge < -0.3 is 14.3 Å². The number of aromatic nitrogens is 1. The number of hydrogen-bond donors (Lipinski definition) is 1. The topological polar surface area (TPSA) is 34.2 Å². The maximum Gasteiger partial charge on any atom is 0.494 e. The van der Waals surface area contributed by atoms with Gasteiger partial charge in [0.2, 0.25) is 0 Å². The maximum absolute atomic E-state index is 6.42. The monoisotopic (exact) mass is 547 g/mol. The van der Waals surface area contributed by atoms with E-state index in [1.54, 1.807) is 5.57 Å². The number of benzene rings is 4. The minimum absolute atomic E-state index is 0.268. The van der Waals surface area contributed by atoms with E-state index in [1.807, 2.05) is 0 Å². The zero-order valence-corrected chi connectivity index (χ0v) is 24.8. The Hall–Kier alpha value is -3.86. The first-order chi connectivity index (χ1) is 20.2. The fourth-order valence-corrected chi connectivity index (χ4v) is 8.17. The smallest absolute Gasteiger partial charge is 0.399 e. The summed E-state index contributed by atoms with van der Waals surface area (Å²) in [5, 5.41) is 2.45. The van der Waals surface area contributed by atoms with Crippen molar-refractivity contribution < 1.29 is 9.31 Å². The van der Waals surface area contributed by atoms with Crippen molar-refractivity contribution >= 4 is 40.0 Å². The van der Waals surface area contributed by atoms with Crippen molar-refractivity contribution in [1.29, 1.82) is 0 Å². The first kappa shape index (κ1) is 24.7.